The van der Waals surface area contributed by atoms with Gasteiger partial charge in [-0.3, -0.25) is 4.79 Å². The fraction of sp³-hybridized carbons (Fsp3) is 0.667. The lowest BCUT2D eigenvalue weighted by molar-refractivity contribution is -0.145. The quantitative estimate of drug-likeness (QED) is 0.358. The van der Waals surface area contributed by atoms with Crippen LogP contribution in [0.2, 0.25) is 0 Å². The molecule has 0 bridgehead atoms. The predicted octanol–water partition coefficient (Wildman–Crippen LogP) is 5.30. The molecule has 5 heteroatoms. The van der Waals surface area contributed by atoms with E-state index in [1.165, 1.54) is 57.1 Å². The van der Waals surface area contributed by atoms with Gasteiger partial charge < -0.3 is 10.5 Å². The fourth-order valence-electron chi connectivity index (χ4n) is 2.94. The third-order valence-corrected chi connectivity index (χ3v) is 4.42. The van der Waals surface area contributed by atoms with Gasteiger partial charge in [0.25, 0.3) is 0 Å². The Morgan fingerprint density at radius 1 is 0.923 bits per heavy atom. The first-order valence-corrected chi connectivity index (χ1v) is 9.90. The number of carbonyl (C=O) groups excluding carboxylic acids is 1. The van der Waals surface area contributed by atoms with Crippen molar-refractivity contribution >= 4 is 5.97 Å². The summed E-state index contributed by atoms with van der Waals surface area (Å²) in [5.74, 6) is -1.87. The van der Waals surface area contributed by atoms with Crippen LogP contribution in [0.3, 0.4) is 0 Å². The lowest BCUT2D eigenvalue weighted by atomic mass is 10.1. The summed E-state index contributed by atoms with van der Waals surface area (Å²) >= 11 is 0. The summed E-state index contributed by atoms with van der Waals surface area (Å²) in [6.07, 6.45) is 12.2. The number of benzene rings is 1. The minimum absolute atomic E-state index is 0.0611. The van der Waals surface area contributed by atoms with E-state index in [1.54, 1.807) is 0 Å². The Morgan fingerprint density at radius 2 is 1.42 bits per heavy atom. The van der Waals surface area contributed by atoms with Gasteiger partial charge in [0.05, 0.1) is 6.61 Å². The van der Waals surface area contributed by atoms with Gasteiger partial charge in [0, 0.05) is 6.07 Å². The van der Waals surface area contributed by atoms with Gasteiger partial charge in [0.1, 0.15) is 17.7 Å². The molecule has 1 aromatic rings. The Bertz CT molecular complexity index is 502. The molecule has 1 atom stereocenters. The molecule has 0 fully saturated rings. The molecular weight excluding hydrogens is 336 g/mol. The van der Waals surface area contributed by atoms with Crippen LogP contribution >= 0.6 is 0 Å². The standard InChI is InChI=1S/C21H33F2NO2/c1-2-3-4-5-6-7-8-9-10-11-12-26-21(25)20(24)15-17-13-18(22)16-19(23)14-17/h13-14,16,20H,2-12,15,24H2,1H3/t20-/m0/s1. The van der Waals surface area contributed by atoms with E-state index < -0.39 is 23.6 Å². The summed E-state index contributed by atoms with van der Waals surface area (Å²) in [7, 11) is 0. The summed E-state index contributed by atoms with van der Waals surface area (Å²) in [4.78, 5) is 11.8. The van der Waals surface area contributed by atoms with Crippen LogP contribution in [-0.2, 0) is 16.0 Å². The Labute approximate surface area is 156 Å². The molecule has 0 spiro atoms. The van der Waals surface area contributed by atoms with Crippen molar-refractivity contribution in [1.29, 1.82) is 0 Å². The minimum Gasteiger partial charge on any atom is -0.465 e. The molecular formula is C21H33F2NO2. The first-order chi connectivity index (χ1) is 12.5. The highest BCUT2D eigenvalue weighted by Gasteiger charge is 2.16. The van der Waals surface area contributed by atoms with Crippen LogP contribution in [0, 0.1) is 11.6 Å². The van der Waals surface area contributed by atoms with E-state index in [0.29, 0.717) is 12.2 Å². The average Bonchev–Trinajstić information content (AvgIpc) is 2.58. The number of hydrogen-bond donors (Lipinski definition) is 1. The molecule has 0 amide bonds. The first-order valence-electron chi connectivity index (χ1n) is 9.90. The van der Waals surface area contributed by atoms with Gasteiger partial charge in [-0.15, -0.1) is 0 Å². The van der Waals surface area contributed by atoms with E-state index in [0.717, 1.165) is 25.3 Å². The van der Waals surface area contributed by atoms with Crippen LogP contribution < -0.4 is 5.73 Å². The Morgan fingerprint density at radius 3 is 1.96 bits per heavy atom. The van der Waals surface area contributed by atoms with Gasteiger partial charge >= 0.3 is 5.97 Å². The molecule has 0 aliphatic carbocycles. The summed E-state index contributed by atoms with van der Waals surface area (Å²) in [5.41, 5.74) is 6.11. The van der Waals surface area contributed by atoms with Gasteiger partial charge in [-0.1, -0.05) is 64.7 Å². The van der Waals surface area contributed by atoms with Crippen molar-refractivity contribution in [3.63, 3.8) is 0 Å². The van der Waals surface area contributed by atoms with Crippen molar-refractivity contribution in [2.24, 2.45) is 5.73 Å². The largest absolute Gasteiger partial charge is 0.465 e. The zero-order valence-corrected chi connectivity index (χ0v) is 15.9. The van der Waals surface area contributed by atoms with Crippen LogP contribution in [0.25, 0.3) is 0 Å². The normalized spacial score (nSPS) is 12.2. The van der Waals surface area contributed by atoms with E-state index in [2.05, 4.69) is 6.92 Å². The summed E-state index contributed by atoms with van der Waals surface area (Å²) in [5, 5.41) is 0. The molecule has 26 heavy (non-hydrogen) atoms. The topological polar surface area (TPSA) is 52.3 Å². The van der Waals surface area contributed by atoms with E-state index in [1.807, 2.05) is 0 Å². The third-order valence-electron chi connectivity index (χ3n) is 4.42. The second-order valence-electron chi connectivity index (χ2n) is 6.94. The molecule has 2 N–H and O–H groups in total. The first kappa shape index (κ1) is 22.6. The van der Waals surface area contributed by atoms with Crippen molar-refractivity contribution in [2.75, 3.05) is 6.61 Å². The summed E-state index contributed by atoms with van der Waals surface area (Å²) in [6.45, 7) is 2.57. The number of ether oxygens (including phenoxy) is 1. The van der Waals surface area contributed by atoms with Crippen molar-refractivity contribution in [3.8, 4) is 0 Å². The molecule has 1 rings (SSSR count). The highest BCUT2D eigenvalue weighted by molar-refractivity contribution is 5.75. The van der Waals surface area contributed by atoms with Crippen molar-refractivity contribution in [2.45, 2.75) is 83.6 Å². The van der Waals surface area contributed by atoms with E-state index >= 15 is 0 Å². The average molecular weight is 369 g/mol. The predicted molar refractivity (Wildman–Crippen MR) is 101 cm³/mol. The smallest absolute Gasteiger partial charge is 0.323 e. The van der Waals surface area contributed by atoms with Crippen LogP contribution in [0.4, 0.5) is 8.78 Å². The van der Waals surface area contributed by atoms with Gasteiger partial charge in [-0.25, -0.2) is 8.78 Å². The second kappa shape index (κ2) is 13.7. The van der Waals surface area contributed by atoms with Crippen LogP contribution in [0.5, 0.6) is 0 Å². The minimum atomic E-state index is -0.903. The van der Waals surface area contributed by atoms with Gasteiger partial charge in [-0.2, -0.15) is 0 Å². The van der Waals surface area contributed by atoms with E-state index in [9.17, 15) is 13.6 Å². The molecule has 0 heterocycles. The number of unbranched alkanes of at least 4 members (excludes halogenated alkanes) is 9. The Kier molecular flexibility index (Phi) is 11.9. The van der Waals surface area contributed by atoms with Crippen LogP contribution in [0.15, 0.2) is 18.2 Å². The maximum Gasteiger partial charge on any atom is 0.323 e. The summed E-state index contributed by atoms with van der Waals surface area (Å²) in [6, 6.07) is 2.24. The molecule has 1 aromatic carbocycles. The van der Waals surface area contributed by atoms with Crippen LogP contribution in [-0.4, -0.2) is 18.6 Å². The molecule has 3 nitrogen and oxygen atoms in total. The highest BCUT2D eigenvalue weighted by atomic mass is 19.1. The van der Waals surface area contributed by atoms with E-state index in [-0.39, 0.29) is 6.42 Å². The number of carbonyl (C=O) groups is 1. The molecule has 0 aromatic heterocycles. The maximum absolute atomic E-state index is 13.1. The van der Waals surface area contributed by atoms with Gasteiger partial charge in [0.15, 0.2) is 0 Å². The molecule has 0 saturated carbocycles. The zero-order valence-electron chi connectivity index (χ0n) is 15.9. The van der Waals surface area contributed by atoms with Crippen molar-refractivity contribution in [1.82, 2.24) is 0 Å². The number of nitrogens with two attached hydrogens (primary N) is 1. The zero-order chi connectivity index (χ0) is 19.2. The SMILES string of the molecule is CCCCCCCCCCCCOC(=O)[C@@H](N)Cc1cc(F)cc(F)c1. The Hall–Kier alpha value is -1.49. The lowest BCUT2D eigenvalue weighted by Gasteiger charge is -2.12. The van der Waals surface area contributed by atoms with Crippen molar-refractivity contribution in [3.05, 3.63) is 35.4 Å². The molecule has 0 aliphatic heterocycles. The molecule has 0 radical (unpaired) electrons. The number of esters is 1. The Balaban J connectivity index is 2.05. The van der Waals surface area contributed by atoms with Crippen molar-refractivity contribution < 1.29 is 18.3 Å². The molecule has 148 valence electrons. The van der Waals surface area contributed by atoms with Gasteiger partial charge in [-0.05, 0) is 30.5 Å². The molecule has 0 saturated heterocycles. The van der Waals surface area contributed by atoms with E-state index in [4.69, 9.17) is 10.5 Å². The second-order valence-corrected chi connectivity index (χ2v) is 6.94. The summed E-state index contributed by atoms with van der Waals surface area (Å²) < 4.78 is 31.4. The number of hydrogen-bond acceptors (Lipinski definition) is 3. The lowest BCUT2D eigenvalue weighted by Crippen LogP contribution is -2.34. The fourth-order valence-corrected chi connectivity index (χ4v) is 2.94. The molecule has 0 unspecified atom stereocenters. The van der Waals surface area contributed by atoms with Gasteiger partial charge in [0.2, 0.25) is 0 Å². The number of rotatable bonds is 14. The highest BCUT2D eigenvalue weighted by Crippen LogP contribution is 2.12. The molecule has 0 aliphatic rings. The monoisotopic (exact) mass is 369 g/mol. The van der Waals surface area contributed by atoms with Crippen LogP contribution in [0.1, 0.15) is 76.7 Å². The third kappa shape index (κ3) is 10.5. The maximum atomic E-state index is 13.1. The number of halogens is 2.